The number of para-hydroxylation sites is 2. The Morgan fingerprint density at radius 1 is 0.886 bits per heavy atom. The number of ether oxygens (including phenoxy) is 2. The molecule has 1 amide bonds. The van der Waals surface area contributed by atoms with Gasteiger partial charge in [0.05, 0.1) is 30.8 Å². The molecular weight excluding hydrogens is 464 g/mol. The largest absolute Gasteiger partial charge is 0.497 e. The molecular formula is C27H32N2O5S. The normalized spacial score (nSPS) is 12.1. The lowest BCUT2D eigenvalue weighted by atomic mass is 9.97. The van der Waals surface area contributed by atoms with Gasteiger partial charge in [-0.05, 0) is 54.3 Å². The van der Waals surface area contributed by atoms with E-state index in [4.69, 9.17) is 9.47 Å². The maximum absolute atomic E-state index is 13.7. The maximum Gasteiger partial charge on any atom is 0.264 e. The summed E-state index contributed by atoms with van der Waals surface area (Å²) in [6, 6.07) is 22.2. The van der Waals surface area contributed by atoms with E-state index >= 15 is 0 Å². The van der Waals surface area contributed by atoms with Crippen molar-refractivity contribution in [1.82, 2.24) is 5.32 Å². The van der Waals surface area contributed by atoms with Gasteiger partial charge in [0.15, 0.2) is 0 Å². The molecule has 1 N–H and O–H groups in total. The predicted octanol–water partition coefficient (Wildman–Crippen LogP) is 4.80. The van der Waals surface area contributed by atoms with Crippen LogP contribution in [0, 0.1) is 5.92 Å². The Hall–Kier alpha value is -3.52. The van der Waals surface area contributed by atoms with Gasteiger partial charge in [-0.15, -0.1) is 0 Å². The molecule has 186 valence electrons. The molecule has 7 nitrogen and oxygen atoms in total. The quantitative estimate of drug-likeness (QED) is 0.412. The summed E-state index contributed by atoms with van der Waals surface area (Å²) >= 11 is 0. The smallest absolute Gasteiger partial charge is 0.264 e. The van der Waals surface area contributed by atoms with Crippen molar-refractivity contribution in [2.75, 3.05) is 25.1 Å². The number of hydrogen-bond acceptors (Lipinski definition) is 5. The molecule has 0 fully saturated rings. The van der Waals surface area contributed by atoms with Crippen LogP contribution in [0.25, 0.3) is 0 Å². The lowest BCUT2D eigenvalue weighted by Crippen LogP contribution is -2.42. The fourth-order valence-electron chi connectivity index (χ4n) is 3.82. The molecule has 8 heteroatoms. The predicted molar refractivity (Wildman–Crippen MR) is 137 cm³/mol. The molecule has 1 atom stereocenters. The molecule has 0 heterocycles. The fraction of sp³-hybridized carbons (Fsp3) is 0.296. The van der Waals surface area contributed by atoms with Crippen LogP contribution in [-0.4, -0.2) is 35.1 Å². The highest BCUT2D eigenvalue weighted by molar-refractivity contribution is 7.92. The zero-order valence-corrected chi connectivity index (χ0v) is 21.3. The summed E-state index contributed by atoms with van der Waals surface area (Å²) in [5.74, 6) is 0.792. The third-order valence-electron chi connectivity index (χ3n) is 5.53. The fourth-order valence-corrected chi connectivity index (χ4v) is 5.25. The minimum Gasteiger partial charge on any atom is -0.497 e. The summed E-state index contributed by atoms with van der Waals surface area (Å²) in [6.07, 6.45) is 0.718. The van der Waals surface area contributed by atoms with Gasteiger partial charge in [-0.3, -0.25) is 9.10 Å². The molecule has 0 saturated heterocycles. The Bertz CT molecular complexity index is 1210. The molecule has 0 bridgehead atoms. The van der Waals surface area contributed by atoms with Gasteiger partial charge in [0.1, 0.15) is 18.0 Å². The zero-order chi connectivity index (χ0) is 25.4. The van der Waals surface area contributed by atoms with Crippen molar-refractivity contribution in [1.29, 1.82) is 0 Å². The number of sulfonamides is 1. The van der Waals surface area contributed by atoms with Crippen LogP contribution < -0.4 is 19.1 Å². The molecule has 0 radical (unpaired) electrons. The molecule has 0 aliphatic heterocycles. The van der Waals surface area contributed by atoms with Gasteiger partial charge in [-0.25, -0.2) is 8.42 Å². The van der Waals surface area contributed by atoms with Crippen molar-refractivity contribution in [3.05, 3.63) is 84.4 Å². The van der Waals surface area contributed by atoms with E-state index in [0.717, 1.165) is 16.3 Å². The van der Waals surface area contributed by atoms with Crippen LogP contribution in [0.15, 0.2) is 83.8 Å². The van der Waals surface area contributed by atoms with E-state index in [2.05, 4.69) is 19.2 Å². The number of carbonyl (C=O) groups excluding carboxylic acids is 1. The lowest BCUT2D eigenvalue weighted by Gasteiger charge is -2.27. The number of carbonyl (C=O) groups is 1. The van der Waals surface area contributed by atoms with Crippen molar-refractivity contribution < 1.29 is 22.7 Å². The lowest BCUT2D eigenvalue weighted by molar-refractivity contribution is -0.120. The summed E-state index contributed by atoms with van der Waals surface area (Å²) in [5.41, 5.74) is 1.25. The van der Waals surface area contributed by atoms with Crippen molar-refractivity contribution in [2.45, 2.75) is 31.2 Å². The summed E-state index contributed by atoms with van der Waals surface area (Å²) < 4.78 is 39.1. The first-order chi connectivity index (χ1) is 16.8. The molecule has 35 heavy (non-hydrogen) atoms. The van der Waals surface area contributed by atoms with E-state index in [1.54, 1.807) is 36.4 Å². The van der Waals surface area contributed by atoms with Gasteiger partial charge in [-0.1, -0.05) is 56.3 Å². The molecule has 0 aliphatic rings. The van der Waals surface area contributed by atoms with Crippen LogP contribution >= 0.6 is 0 Å². The molecule has 0 aliphatic carbocycles. The van der Waals surface area contributed by atoms with Crippen molar-refractivity contribution in [3.63, 3.8) is 0 Å². The van der Waals surface area contributed by atoms with Gasteiger partial charge in [0.2, 0.25) is 5.91 Å². The Balaban J connectivity index is 1.96. The second-order valence-corrected chi connectivity index (χ2v) is 10.4. The zero-order valence-electron chi connectivity index (χ0n) is 20.5. The van der Waals surface area contributed by atoms with E-state index in [-0.39, 0.29) is 16.6 Å². The summed E-state index contributed by atoms with van der Waals surface area (Å²) in [7, 11) is -1.12. The van der Waals surface area contributed by atoms with Crippen LogP contribution in [0.3, 0.4) is 0 Å². The molecule has 0 spiro atoms. The minimum atomic E-state index is -4.09. The van der Waals surface area contributed by atoms with E-state index in [9.17, 15) is 13.2 Å². The SMILES string of the molecule is COc1ccc(S(=O)(=O)N(CC(=O)N[C@@H](CC(C)C)c2ccccc2)c2ccccc2OC)cc1. The van der Waals surface area contributed by atoms with Crippen molar-refractivity contribution in [3.8, 4) is 11.5 Å². The number of methoxy groups -OCH3 is 2. The number of anilines is 1. The second kappa shape index (κ2) is 11.8. The van der Waals surface area contributed by atoms with Gasteiger partial charge < -0.3 is 14.8 Å². The monoisotopic (exact) mass is 496 g/mol. The molecule has 3 aromatic rings. The van der Waals surface area contributed by atoms with E-state index < -0.39 is 22.5 Å². The van der Waals surface area contributed by atoms with Gasteiger partial charge in [0, 0.05) is 0 Å². The molecule has 3 rings (SSSR count). The number of nitrogens with one attached hydrogen (secondary N) is 1. The first-order valence-corrected chi connectivity index (χ1v) is 12.8. The molecule has 0 aromatic heterocycles. The van der Waals surface area contributed by atoms with Gasteiger partial charge in [-0.2, -0.15) is 0 Å². The average Bonchev–Trinajstić information content (AvgIpc) is 2.87. The number of rotatable bonds is 11. The Kier molecular flexibility index (Phi) is 8.76. The highest BCUT2D eigenvalue weighted by atomic mass is 32.2. The van der Waals surface area contributed by atoms with Gasteiger partial charge >= 0.3 is 0 Å². The number of hydrogen-bond donors (Lipinski definition) is 1. The van der Waals surface area contributed by atoms with E-state index in [1.807, 2.05) is 30.3 Å². The van der Waals surface area contributed by atoms with Crippen LogP contribution in [0.1, 0.15) is 31.9 Å². The molecule has 3 aromatic carbocycles. The van der Waals surface area contributed by atoms with Crippen LogP contribution in [0.5, 0.6) is 11.5 Å². The average molecular weight is 497 g/mol. The van der Waals surface area contributed by atoms with Crippen molar-refractivity contribution >= 4 is 21.6 Å². The number of amides is 1. The van der Waals surface area contributed by atoms with E-state index in [0.29, 0.717) is 17.4 Å². The van der Waals surface area contributed by atoms with Crippen LogP contribution in [0.4, 0.5) is 5.69 Å². The first-order valence-electron chi connectivity index (χ1n) is 11.4. The van der Waals surface area contributed by atoms with Crippen LogP contribution in [0.2, 0.25) is 0 Å². The Labute approximate surface area is 207 Å². The molecule has 0 unspecified atom stereocenters. The maximum atomic E-state index is 13.7. The van der Waals surface area contributed by atoms with Gasteiger partial charge in [0.25, 0.3) is 10.0 Å². The summed E-state index contributed by atoms with van der Waals surface area (Å²) in [6.45, 7) is 3.75. The Morgan fingerprint density at radius 2 is 1.51 bits per heavy atom. The number of benzene rings is 3. The number of nitrogens with zero attached hydrogens (tertiary/aromatic N) is 1. The third-order valence-corrected chi connectivity index (χ3v) is 7.31. The van der Waals surface area contributed by atoms with Crippen LogP contribution in [-0.2, 0) is 14.8 Å². The van der Waals surface area contributed by atoms with Crippen molar-refractivity contribution in [2.24, 2.45) is 5.92 Å². The Morgan fingerprint density at radius 3 is 2.11 bits per heavy atom. The molecule has 0 saturated carbocycles. The first kappa shape index (κ1) is 26.1. The topological polar surface area (TPSA) is 84.9 Å². The highest BCUT2D eigenvalue weighted by Gasteiger charge is 2.30. The minimum absolute atomic E-state index is 0.0406. The summed E-state index contributed by atoms with van der Waals surface area (Å²) in [5, 5.41) is 3.04. The standard InChI is InChI=1S/C27H32N2O5S/c1-20(2)18-24(21-10-6-5-7-11-21)28-27(30)19-29(25-12-8-9-13-26(25)34-4)35(31,32)23-16-14-22(33-3)15-17-23/h5-17,20,24H,18-19H2,1-4H3,(H,28,30)/t24-/m0/s1. The highest BCUT2D eigenvalue weighted by Crippen LogP contribution is 2.32. The third kappa shape index (κ3) is 6.54. The second-order valence-electron chi connectivity index (χ2n) is 8.52. The van der Waals surface area contributed by atoms with E-state index in [1.165, 1.54) is 26.4 Å². The summed E-state index contributed by atoms with van der Waals surface area (Å²) in [4.78, 5) is 13.3.